The van der Waals surface area contributed by atoms with Crippen molar-refractivity contribution in [3.05, 3.63) is 30.1 Å². The maximum Gasteiger partial charge on any atom is 0.140 e. The second-order valence-electron chi connectivity index (χ2n) is 3.51. The molecule has 0 saturated carbocycles. The molecule has 0 radical (unpaired) electrons. The van der Waals surface area contributed by atoms with Gasteiger partial charge in [0.15, 0.2) is 0 Å². The van der Waals surface area contributed by atoms with Crippen LogP contribution in [0, 0.1) is 5.92 Å². The van der Waals surface area contributed by atoms with E-state index in [4.69, 9.17) is 4.74 Å². The lowest BCUT2D eigenvalue weighted by molar-refractivity contribution is -0.130. The van der Waals surface area contributed by atoms with Gasteiger partial charge < -0.3 is 4.74 Å². The Morgan fingerprint density at radius 2 is 2.43 bits per heavy atom. The quantitative estimate of drug-likeness (QED) is 0.705. The van der Waals surface area contributed by atoms with Crippen LogP contribution in [0.2, 0.25) is 0 Å². The van der Waals surface area contributed by atoms with E-state index in [9.17, 15) is 4.79 Å². The van der Waals surface area contributed by atoms with Crippen molar-refractivity contribution in [3.8, 4) is 0 Å². The molecule has 14 heavy (non-hydrogen) atoms. The van der Waals surface area contributed by atoms with Crippen molar-refractivity contribution in [3.63, 3.8) is 0 Å². The molecular weight excluding hydrogens is 178 g/mol. The molecule has 1 fully saturated rings. The number of nitrogens with zero attached hydrogens (tertiary/aromatic N) is 1. The van der Waals surface area contributed by atoms with Crippen molar-refractivity contribution < 1.29 is 9.53 Å². The Bertz CT molecular complexity index is 310. The van der Waals surface area contributed by atoms with Gasteiger partial charge in [-0.15, -0.1) is 0 Å². The van der Waals surface area contributed by atoms with E-state index < -0.39 is 0 Å². The molecule has 0 bridgehead atoms. The van der Waals surface area contributed by atoms with Crippen LogP contribution < -0.4 is 0 Å². The Morgan fingerprint density at radius 3 is 3.14 bits per heavy atom. The van der Waals surface area contributed by atoms with Gasteiger partial charge in [0.05, 0.1) is 13.2 Å². The maximum absolute atomic E-state index is 11.5. The molecule has 1 aliphatic rings. The second-order valence-corrected chi connectivity index (χ2v) is 3.51. The van der Waals surface area contributed by atoms with E-state index in [1.165, 1.54) is 0 Å². The molecule has 3 heteroatoms. The van der Waals surface area contributed by atoms with Gasteiger partial charge in [0, 0.05) is 30.7 Å². The Balaban J connectivity index is 2.00. The molecule has 3 nitrogen and oxygen atoms in total. The summed E-state index contributed by atoms with van der Waals surface area (Å²) in [5.41, 5.74) is 0.969. The third-order valence-corrected chi connectivity index (χ3v) is 2.45. The number of ketones is 1. The third kappa shape index (κ3) is 2.17. The molecule has 0 N–H and O–H groups in total. The number of carbonyl (C=O) groups is 1. The van der Waals surface area contributed by atoms with Crippen LogP contribution >= 0.6 is 0 Å². The minimum Gasteiger partial charge on any atom is -0.380 e. The Morgan fingerprint density at radius 1 is 1.50 bits per heavy atom. The number of ether oxygens (including phenoxy) is 1. The number of hydrogen-bond acceptors (Lipinski definition) is 3. The van der Waals surface area contributed by atoms with Crippen molar-refractivity contribution in [2.24, 2.45) is 5.92 Å². The average molecular weight is 191 g/mol. The lowest BCUT2D eigenvalue weighted by Crippen LogP contribution is -2.29. The molecule has 1 unspecified atom stereocenters. The van der Waals surface area contributed by atoms with Gasteiger partial charge in [-0.2, -0.15) is 0 Å². The van der Waals surface area contributed by atoms with E-state index in [1.807, 2.05) is 18.2 Å². The first-order chi connectivity index (χ1) is 6.86. The largest absolute Gasteiger partial charge is 0.380 e. The van der Waals surface area contributed by atoms with Crippen LogP contribution in [0.15, 0.2) is 24.4 Å². The molecule has 1 saturated heterocycles. The number of pyridine rings is 1. The number of carbonyl (C=O) groups excluding carboxylic acids is 1. The SMILES string of the molecule is O=C1CCOCC1Cc1ccccn1. The predicted octanol–water partition coefficient (Wildman–Crippen LogP) is 1.23. The molecule has 74 valence electrons. The van der Waals surface area contributed by atoms with Crippen molar-refractivity contribution in [1.29, 1.82) is 0 Å². The van der Waals surface area contributed by atoms with Gasteiger partial charge in [0.1, 0.15) is 5.78 Å². The number of Topliss-reactive ketones (excluding diaryl/α,β-unsaturated/α-hetero) is 1. The van der Waals surface area contributed by atoms with Crippen LogP contribution in [-0.4, -0.2) is 24.0 Å². The molecule has 1 aromatic heterocycles. The first kappa shape index (κ1) is 9.34. The fraction of sp³-hybridized carbons (Fsp3) is 0.455. The smallest absolute Gasteiger partial charge is 0.140 e. The summed E-state index contributed by atoms with van der Waals surface area (Å²) < 4.78 is 5.28. The van der Waals surface area contributed by atoms with Gasteiger partial charge in [-0.3, -0.25) is 9.78 Å². The lowest BCUT2D eigenvalue weighted by Gasteiger charge is -2.20. The third-order valence-electron chi connectivity index (χ3n) is 2.45. The fourth-order valence-electron chi connectivity index (χ4n) is 1.64. The van der Waals surface area contributed by atoms with E-state index in [0.29, 0.717) is 31.8 Å². The number of rotatable bonds is 2. The van der Waals surface area contributed by atoms with Gasteiger partial charge in [-0.25, -0.2) is 0 Å². The van der Waals surface area contributed by atoms with Crippen LogP contribution in [0.3, 0.4) is 0 Å². The molecule has 1 aliphatic heterocycles. The van der Waals surface area contributed by atoms with Gasteiger partial charge >= 0.3 is 0 Å². The summed E-state index contributed by atoms with van der Waals surface area (Å²) in [6.45, 7) is 1.13. The fourth-order valence-corrected chi connectivity index (χ4v) is 1.64. The van der Waals surface area contributed by atoms with Crippen LogP contribution in [0.1, 0.15) is 12.1 Å². The summed E-state index contributed by atoms with van der Waals surface area (Å²) in [5, 5.41) is 0. The molecule has 1 atom stereocenters. The maximum atomic E-state index is 11.5. The summed E-state index contributed by atoms with van der Waals surface area (Å²) in [6.07, 6.45) is 3.01. The summed E-state index contributed by atoms with van der Waals surface area (Å²) >= 11 is 0. The highest BCUT2D eigenvalue weighted by atomic mass is 16.5. The highest BCUT2D eigenvalue weighted by molar-refractivity contribution is 5.82. The first-order valence-corrected chi connectivity index (χ1v) is 4.86. The minimum absolute atomic E-state index is 0.0126. The van der Waals surface area contributed by atoms with E-state index in [0.717, 1.165) is 5.69 Å². The van der Waals surface area contributed by atoms with Crippen LogP contribution in [-0.2, 0) is 16.0 Å². The average Bonchev–Trinajstić information content (AvgIpc) is 2.23. The highest BCUT2D eigenvalue weighted by Crippen LogP contribution is 2.14. The van der Waals surface area contributed by atoms with E-state index in [-0.39, 0.29) is 5.92 Å². The van der Waals surface area contributed by atoms with Crippen molar-refractivity contribution in [2.75, 3.05) is 13.2 Å². The molecule has 2 rings (SSSR count). The zero-order valence-electron chi connectivity index (χ0n) is 7.98. The van der Waals surface area contributed by atoms with Crippen molar-refractivity contribution in [2.45, 2.75) is 12.8 Å². The second kappa shape index (κ2) is 4.33. The highest BCUT2D eigenvalue weighted by Gasteiger charge is 2.23. The summed E-state index contributed by atoms with van der Waals surface area (Å²) in [4.78, 5) is 15.7. The molecule has 2 heterocycles. The summed E-state index contributed by atoms with van der Waals surface area (Å²) in [6, 6.07) is 5.76. The van der Waals surface area contributed by atoms with E-state index in [1.54, 1.807) is 6.20 Å². The van der Waals surface area contributed by atoms with Crippen molar-refractivity contribution >= 4 is 5.78 Å². The molecule has 0 aliphatic carbocycles. The Labute approximate surface area is 83.1 Å². The van der Waals surface area contributed by atoms with Crippen LogP contribution in [0.25, 0.3) is 0 Å². The topological polar surface area (TPSA) is 39.2 Å². The molecule has 1 aromatic rings. The zero-order valence-corrected chi connectivity index (χ0v) is 7.98. The zero-order chi connectivity index (χ0) is 9.80. The normalized spacial score (nSPS) is 22.3. The predicted molar refractivity (Wildman–Crippen MR) is 51.9 cm³/mol. The standard InChI is InChI=1S/C11H13NO2/c13-11-4-6-14-8-9(11)7-10-3-1-2-5-12-10/h1-3,5,9H,4,6-8H2. The van der Waals surface area contributed by atoms with Gasteiger partial charge in [0.2, 0.25) is 0 Å². The Kier molecular flexibility index (Phi) is 2.89. The molecule has 0 spiro atoms. The number of aromatic nitrogens is 1. The van der Waals surface area contributed by atoms with Gasteiger partial charge in [0.25, 0.3) is 0 Å². The monoisotopic (exact) mass is 191 g/mol. The van der Waals surface area contributed by atoms with Crippen LogP contribution in [0.5, 0.6) is 0 Å². The number of hydrogen-bond donors (Lipinski definition) is 0. The minimum atomic E-state index is 0.0126. The lowest BCUT2D eigenvalue weighted by atomic mass is 9.95. The van der Waals surface area contributed by atoms with Crippen molar-refractivity contribution in [1.82, 2.24) is 4.98 Å². The summed E-state index contributed by atoms with van der Waals surface area (Å²) in [7, 11) is 0. The molecule has 0 amide bonds. The van der Waals surface area contributed by atoms with Gasteiger partial charge in [-0.1, -0.05) is 6.07 Å². The Hall–Kier alpha value is -1.22. The molecular formula is C11H13NO2. The molecule has 0 aromatic carbocycles. The van der Waals surface area contributed by atoms with E-state index in [2.05, 4.69) is 4.98 Å². The van der Waals surface area contributed by atoms with E-state index >= 15 is 0 Å². The van der Waals surface area contributed by atoms with Gasteiger partial charge in [-0.05, 0) is 12.1 Å². The summed E-state index contributed by atoms with van der Waals surface area (Å²) in [5.74, 6) is 0.320. The van der Waals surface area contributed by atoms with Crippen LogP contribution in [0.4, 0.5) is 0 Å². The first-order valence-electron chi connectivity index (χ1n) is 4.86.